The van der Waals surface area contributed by atoms with Crippen molar-refractivity contribution in [3.8, 4) is 11.5 Å². The molecule has 0 saturated carbocycles. The lowest BCUT2D eigenvalue weighted by atomic mass is 10.1. The van der Waals surface area contributed by atoms with Crippen LogP contribution in [0.15, 0.2) is 48.5 Å². The van der Waals surface area contributed by atoms with Gasteiger partial charge in [0.05, 0.1) is 0 Å². The van der Waals surface area contributed by atoms with Gasteiger partial charge in [-0.15, -0.1) is 0 Å². The molecule has 0 aliphatic carbocycles. The van der Waals surface area contributed by atoms with E-state index in [-0.39, 0.29) is 0 Å². The second kappa shape index (κ2) is 14.6. The summed E-state index contributed by atoms with van der Waals surface area (Å²) in [5, 5.41) is 0. The predicted molar refractivity (Wildman–Crippen MR) is 127 cm³/mol. The molecular formula is C27H38O5. The molecule has 5 heteroatoms. The Morgan fingerprint density at radius 3 is 1.38 bits per heavy atom. The Hall–Kier alpha value is -2.37. The van der Waals surface area contributed by atoms with Crippen molar-refractivity contribution in [2.45, 2.75) is 53.4 Å². The minimum atomic E-state index is -0.741. The SMILES string of the molecule is CC(C)COCCCc1ccc(OC(=O)Oc2ccc(CCCOCC(C)C)cc2)cc1. The van der Waals surface area contributed by atoms with Crippen molar-refractivity contribution >= 4 is 6.16 Å². The van der Waals surface area contributed by atoms with Crippen molar-refractivity contribution in [2.75, 3.05) is 26.4 Å². The second-order valence-corrected chi connectivity index (χ2v) is 8.89. The molecule has 5 nitrogen and oxygen atoms in total. The molecule has 0 N–H and O–H groups in total. The van der Waals surface area contributed by atoms with Crippen LogP contribution in [-0.2, 0) is 22.3 Å². The number of rotatable bonds is 14. The first-order chi connectivity index (χ1) is 15.4. The summed E-state index contributed by atoms with van der Waals surface area (Å²) < 4.78 is 21.8. The number of ether oxygens (including phenoxy) is 4. The maximum atomic E-state index is 12.1. The summed E-state index contributed by atoms with van der Waals surface area (Å²) in [7, 11) is 0. The van der Waals surface area contributed by atoms with Gasteiger partial charge in [0, 0.05) is 26.4 Å². The molecular weight excluding hydrogens is 404 g/mol. The van der Waals surface area contributed by atoms with E-state index in [9.17, 15) is 4.79 Å². The van der Waals surface area contributed by atoms with E-state index in [1.807, 2.05) is 24.3 Å². The summed E-state index contributed by atoms with van der Waals surface area (Å²) in [6.07, 6.45) is 3.05. The predicted octanol–water partition coefficient (Wildman–Crippen LogP) is 6.47. The summed E-state index contributed by atoms with van der Waals surface area (Å²) >= 11 is 0. The highest BCUT2D eigenvalue weighted by molar-refractivity contribution is 5.67. The standard InChI is InChI=1S/C27H38O5/c1-21(2)19-29-17-5-7-23-9-13-25(14-10-23)31-27(28)32-26-15-11-24(12-16-26)8-6-18-30-20-22(3)4/h9-16,21-22H,5-8,17-20H2,1-4H3. The summed E-state index contributed by atoms with van der Waals surface area (Å²) in [6.45, 7) is 11.7. The molecule has 0 atom stereocenters. The van der Waals surface area contributed by atoms with Gasteiger partial charge in [-0.3, -0.25) is 0 Å². The van der Waals surface area contributed by atoms with Gasteiger partial charge in [0.15, 0.2) is 0 Å². The minimum Gasteiger partial charge on any atom is -0.395 e. The molecule has 2 aromatic carbocycles. The zero-order valence-corrected chi connectivity index (χ0v) is 20.0. The highest BCUT2D eigenvalue weighted by Crippen LogP contribution is 2.17. The normalized spacial score (nSPS) is 11.2. The van der Waals surface area contributed by atoms with Gasteiger partial charge in [0.25, 0.3) is 0 Å². The van der Waals surface area contributed by atoms with Gasteiger partial charge in [-0.1, -0.05) is 52.0 Å². The number of hydrogen-bond acceptors (Lipinski definition) is 5. The van der Waals surface area contributed by atoms with Crippen LogP contribution in [0.3, 0.4) is 0 Å². The number of carbonyl (C=O) groups excluding carboxylic acids is 1. The third-order valence-electron chi connectivity index (χ3n) is 4.66. The Kier molecular flexibility index (Phi) is 11.8. The maximum Gasteiger partial charge on any atom is 0.519 e. The molecule has 0 aliphatic rings. The first kappa shape index (κ1) is 25.9. The highest BCUT2D eigenvalue weighted by atomic mass is 16.7. The molecule has 0 amide bonds. The summed E-state index contributed by atoms with van der Waals surface area (Å²) in [5.74, 6) is 2.05. The molecule has 0 fully saturated rings. The van der Waals surface area contributed by atoms with Crippen molar-refractivity contribution in [1.29, 1.82) is 0 Å². The van der Waals surface area contributed by atoms with Gasteiger partial charge in [-0.25, -0.2) is 4.79 Å². The van der Waals surface area contributed by atoms with Crippen molar-refractivity contribution in [3.05, 3.63) is 59.7 Å². The van der Waals surface area contributed by atoms with Crippen LogP contribution in [0.1, 0.15) is 51.7 Å². The summed E-state index contributed by atoms with van der Waals surface area (Å²) in [5.41, 5.74) is 2.37. The quantitative estimate of drug-likeness (QED) is 0.190. The molecule has 0 heterocycles. The lowest BCUT2D eigenvalue weighted by Gasteiger charge is -2.09. The lowest BCUT2D eigenvalue weighted by molar-refractivity contribution is 0.108. The van der Waals surface area contributed by atoms with E-state index in [0.717, 1.165) is 52.1 Å². The van der Waals surface area contributed by atoms with Crippen LogP contribution < -0.4 is 9.47 Å². The van der Waals surface area contributed by atoms with Crippen molar-refractivity contribution in [3.63, 3.8) is 0 Å². The van der Waals surface area contributed by atoms with Crippen LogP contribution in [0.25, 0.3) is 0 Å². The lowest BCUT2D eigenvalue weighted by Crippen LogP contribution is -2.13. The monoisotopic (exact) mass is 442 g/mol. The molecule has 2 aromatic rings. The third-order valence-corrected chi connectivity index (χ3v) is 4.66. The Bertz CT molecular complexity index is 700. The molecule has 0 spiro atoms. The van der Waals surface area contributed by atoms with Gasteiger partial charge in [0.2, 0.25) is 0 Å². The van der Waals surface area contributed by atoms with Gasteiger partial charge in [-0.2, -0.15) is 0 Å². The van der Waals surface area contributed by atoms with E-state index >= 15 is 0 Å². The molecule has 0 aromatic heterocycles. The fraction of sp³-hybridized carbons (Fsp3) is 0.519. The van der Waals surface area contributed by atoms with Gasteiger partial charge >= 0.3 is 6.16 Å². The van der Waals surface area contributed by atoms with E-state index in [1.54, 1.807) is 24.3 Å². The third kappa shape index (κ3) is 11.3. The fourth-order valence-corrected chi connectivity index (χ4v) is 3.06. The molecule has 176 valence electrons. The van der Waals surface area contributed by atoms with Crippen LogP contribution in [0, 0.1) is 11.8 Å². The van der Waals surface area contributed by atoms with Crippen molar-refractivity contribution in [1.82, 2.24) is 0 Å². The molecule has 32 heavy (non-hydrogen) atoms. The first-order valence-corrected chi connectivity index (χ1v) is 11.7. The molecule has 0 radical (unpaired) electrons. The number of carbonyl (C=O) groups is 1. The van der Waals surface area contributed by atoms with Crippen LogP contribution in [0.4, 0.5) is 4.79 Å². The van der Waals surface area contributed by atoms with E-state index in [1.165, 1.54) is 11.1 Å². The van der Waals surface area contributed by atoms with Gasteiger partial charge < -0.3 is 18.9 Å². The first-order valence-electron chi connectivity index (χ1n) is 11.7. The summed E-state index contributed by atoms with van der Waals surface area (Å²) in [6, 6.07) is 15.0. The fourth-order valence-electron chi connectivity index (χ4n) is 3.06. The smallest absolute Gasteiger partial charge is 0.395 e. The maximum absolute atomic E-state index is 12.1. The van der Waals surface area contributed by atoms with Gasteiger partial charge in [0.1, 0.15) is 11.5 Å². The van der Waals surface area contributed by atoms with Crippen LogP contribution >= 0.6 is 0 Å². The molecule has 0 bridgehead atoms. The topological polar surface area (TPSA) is 54.0 Å². The van der Waals surface area contributed by atoms with E-state index in [0.29, 0.717) is 23.3 Å². The molecule has 2 rings (SSSR count). The number of aryl methyl sites for hydroxylation is 2. The van der Waals surface area contributed by atoms with Gasteiger partial charge in [-0.05, 0) is 72.9 Å². The zero-order valence-electron chi connectivity index (χ0n) is 20.0. The van der Waals surface area contributed by atoms with Crippen LogP contribution in [0.2, 0.25) is 0 Å². The minimum absolute atomic E-state index is 0.466. The van der Waals surface area contributed by atoms with Crippen molar-refractivity contribution in [2.24, 2.45) is 11.8 Å². The largest absolute Gasteiger partial charge is 0.519 e. The Morgan fingerprint density at radius 2 is 1.03 bits per heavy atom. The Balaban J connectivity index is 1.67. The van der Waals surface area contributed by atoms with Crippen molar-refractivity contribution < 1.29 is 23.7 Å². The second-order valence-electron chi connectivity index (χ2n) is 8.89. The number of hydrogen-bond donors (Lipinski definition) is 0. The molecule has 0 unspecified atom stereocenters. The molecule has 0 aliphatic heterocycles. The molecule has 0 saturated heterocycles. The van der Waals surface area contributed by atoms with E-state index in [2.05, 4.69) is 27.7 Å². The average molecular weight is 443 g/mol. The van der Waals surface area contributed by atoms with E-state index < -0.39 is 6.16 Å². The number of benzene rings is 2. The van der Waals surface area contributed by atoms with Crippen LogP contribution in [0.5, 0.6) is 11.5 Å². The Labute approximate surface area is 193 Å². The average Bonchev–Trinajstić information content (AvgIpc) is 2.75. The highest BCUT2D eigenvalue weighted by Gasteiger charge is 2.08. The summed E-state index contributed by atoms with van der Waals surface area (Å²) in [4.78, 5) is 12.1. The Morgan fingerprint density at radius 1 is 0.656 bits per heavy atom. The van der Waals surface area contributed by atoms with Crippen LogP contribution in [-0.4, -0.2) is 32.6 Å². The zero-order chi connectivity index (χ0) is 23.2. The van der Waals surface area contributed by atoms with E-state index in [4.69, 9.17) is 18.9 Å².